The van der Waals surface area contributed by atoms with Crippen molar-refractivity contribution in [2.45, 2.75) is 20.3 Å². The molecule has 0 amide bonds. The van der Waals surface area contributed by atoms with Crippen molar-refractivity contribution < 1.29 is 4.74 Å². The lowest BCUT2D eigenvalue weighted by Crippen LogP contribution is -1.96. The predicted octanol–water partition coefficient (Wildman–Crippen LogP) is 3.43. The van der Waals surface area contributed by atoms with Crippen molar-refractivity contribution in [2.75, 3.05) is 12.3 Å². The van der Waals surface area contributed by atoms with Gasteiger partial charge in [-0.15, -0.1) is 0 Å². The molecule has 0 saturated carbocycles. The number of pyridine rings is 1. The number of nitrogen functional groups attached to an aromatic ring is 1. The number of anilines is 1. The first-order valence-corrected chi connectivity index (χ1v) is 6.15. The van der Waals surface area contributed by atoms with Crippen LogP contribution in [0.3, 0.4) is 0 Å². The Morgan fingerprint density at radius 1 is 1.22 bits per heavy atom. The van der Waals surface area contributed by atoms with Crippen LogP contribution in [0.5, 0.6) is 5.75 Å². The van der Waals surface area contributed by atoms with Crippen LogP contribution in [-0.2, 0) is 0 Å². The quantitative estimate of drug-likeness (QED) is 0.835. The number of rotatable bonds is 4. The van der Waals surface area contributed by atoms with Crippen molar-refractivity contribution in [3.8, 4) is 16.9 Å². The second-order valence-corrected chi connectivity index (χ2v) is 4.35. The highest BCUT2D eigenvalue weighted by molar-refractivity contribution is 5.76. The lowest BCUT2D eigenvalue weighted by atomic mass is 10.0. The Hall–Kier alpha value is -2.03. The average Bonchev–Trinajstić information content (AvgIpc) is 2.36. The molecule has 0 atom stereocenters. The van der Waals surface area contributed by atoms with Gasteiger partial charge in [0.15, 0.2) is 0 Å². The molecule has 3 nitrogen and oxygen atoms in total. The molecule has 1 aromatic heterocycles. The van der Waals surface area contributed by atoms with Gasteiger partial charge in [-0.25, -0.2) is 0 Å². The lowest BCUT2D eigenvalue weighted by molar-refractivity contribution is 0.316. The monoisotopic (exact) mass is 242 g/mol. The van der Waals surface area contributed by atoms with E-state index in [0.717, 1.165) is 34.5 Å². The number of benzene rings is 1. The summed E-state index contributed by atoms with van der Waals surface area (Å²) in [5.41, 5.74) is 9.94. The Morgan fingerprint density at radius 3 is 2.78 bits per heavy atom. The Balaban J connectivity index is 2.32. The van der Waals surface area contributed by atoms with Crippen molar-refractivity contribution in [3.63, 3.8) is 0 Å². The fraction of sp³-hybridized carbons (Fsp3) is 0.267. The molecule has 0 fully saturated rings. The van der Waals surface area contributed by atoms with Crippen LogP contribution < -0.4 is 10.5 Å². The molecule has 2 rings (SSSR count). The van der Waals surface area contributed by atoms with Crippen LogP contribution in [0.4, 0.5) is 5.69 Å². The van der Waals surface area contributed by atoms with E-state index >= 15 is 0 Å². The molecule has 0 unspecified atom stereocenters. The number of aromatic nitrogens is 1. The molecule has 2 aromatic rings. The SMILES string of the molecule is CCCOc1cncc(-c2ccc(C)cc2N)c1. The molecule has 0 bridgehead atoms. The summed E-state index contributed by atoms with van der Waals surface area (Å²) in [4.78, 5) is 4.20. The predicted molar refractivity (Wildman–Crippen MR) is 74.6 cm³/mol. The van der Waals surface area contributed by atoms with Gasteiger partial charge in [0.2, 0.25) is 0 Å². The summed E-state index contributed by atoms with van der Waals surface area (Å²) in [5.74, 6) is 0.786. The molecular weight excluding hydrogens is 224 g/mol. The highest BCUT2D eigenvalue weighted by Crippen LogP contribution is 2.28. The third-order valence-electron chi connectivity index (χ3n) is 2.70. The molecule has 3 heteroatoms. The highest BCUT2D eigenvalue weighted by atomic mass is 16.5. The van der Waals surface area contributed by atoms with Gasteiger partial charge in [-0.05, 0) is 31.0 Å². The van der Waals surface area contributed by atoms with Crippen molar-refractivity contribution in [1.29, 1.82) is 0 Å². The Morgan fingerprint density at radius 2 is 2.06 bits per heavy atom. The Bertz CT molecular complexity index is 538. The molecule has 0 spiro atoms. The van der Waals surface area contributed by atoms with Gasteiger partial charge in [0, 0.05) is 23.0 Å². The molecule has 1 heterocycles. The first-order chi connectivity index (χ1) is 8.70. The minimum Gasteiger partial charge on any atom is -0.492 e. The van der Waals surface area contributed by atoms with E-state index in [1.165, 1.54) is 0 Å². The van der Waals surface area contributed by atoms with E-state index < -0.39 is 0 Å². The number of ether oxygens (including phenoxy) is 1. The van der Waals surface area contributed by atoms with E-state index in [-0.39, 0.29) is 0 Å². The summed E-state index contributed by atoms with van der Waals surface area (Å²) in [5, 5.41) is 0. The van der Waals surface area contributed by atoms with E-state index in [0.29, 0.717) is 6.61 Å². The Kier molecular flexibility index (Phi) is 3.82. The summed E-state index contributed by atoms with van der Waals surface area (Å²) >= 11 is 0. The summed E-state index contributed by atoms with van der Waals surface area (Å²) in [6.45, 7) is 4.81. The maximum Gasteiger partial charge on any atom is 0.138 e. The molecule has 0 radical (unpaired) electrons. The zero-order valence-electron chi connectivity index (χ0n) is 10.8. The minimum absolute atomic E-state index is 0.703. The molecule has 0 aliphatic carbocycles. The molecule has 0 aliphatic heterocycles. The summed E-state index contributed by atoms with van der Waals surface area (Å²) in [7, 11) is 0. The van der Waals surface area contributed by atoms with Crippen LogP contribution in [0, 0.1) is 6.92 Å². The van der Waals surface area contributed by atoms with Crippen LogP contribution in [-0.4, -0.2) is 11.6 Å². The largest absolute Gasteiger partial charge is 0.492 e. The van der Waals surface area contributed by atoms with Gasteiger partial charge < -0.3 is 10.5 Å². The van der Waals surface area contributed by atoms with Gasteiger partial charge in [0.1, 0.15) is 5.75 Å². The van der Waals surface area contributed by atoms with Gasteiger partial charge in [0.25, 0.3) is 0 Å². The fourth-order valence-electron chi connectivity index (χ4n) is 1.81. The number of nitrogens with zero attached hydrogens (tertiary/aromatic N) is 1. The molecule has 0 aliphatic rings. The molecule has 1 aromatic carbocycles. The number of hydrogen-bond donors (Lipinski definition) is 1. The van der Waals surface area contributed by atoms with E-state index in [1.54, 1.807) is 12.4 Å². The topological polar surface area (TPSA) is 48.1 Å². The smallest absolute Gasteiger partial charge is 0.138 e. The van der Waals surface area contributed by atoms with Crippen LogP contribution in [0.15, 0.2) is 36.7 Å². The normalized spacial score (nSPS) is 10.3. The number of nitrogens with two attached hydrogens (primary N) is 1. The van der Waals surface area contributed by atoms with E-state index in [9.17, 15) is 0 Å². The number of aryl methyl sites for hydroxylation is 1. The molecule has 18 heavy (non-hydrogen) atoms. The zero-order valence-corrected chi connectivity index (χ0v) is 10.8. The second kappa shape index (κ2) is 5.54. The van der Waals surface area contributed by atoms with E-state index in [4.69, 9.17) is 10.5 Å². The zero-order chi connectivity index (χ0) is 13.0. The molecule has 94 valence electrons. The molecule has 0 saturated heterocycles. The minimum atomic E-state index is 0.703. The average molecular weight is 242 g/mol. The number of hydrogen-bond acceptors (Lipinski definition) is 3. The van der Waals surface area contributed by atoms with Crippen molar-refractivity contribution in [1.82, 2.24) is 4.98 Å². The summed E-state index contributed by atoms with van der Waals surface area (Å²) < 4.78 is 5.58. The Labute approximate surface area is 108 Å². The summed E-state index contributed by atoms with van der Waals surface area (Å²) in [6, 6.07) is 8.01. The third-order valence-corrected chi connectivity index (χ3v) is 2.70. The van der Waals surface area contributed by atoms with E-state index in [1.807, 2.05) is 31.2 Å². The van der Waals surface area contributed by atoms with Crippen LogP contribution >= 0.6 is 0 Å². The van der Waals surface area contributed by atoms with Gasteiger partial charge in [-0.2, -0.15) is 0 Å². The highest BCUT2D eigenvalue weighted by Gasteiger charge is 2.04. The van der Waals surface area contributed by atoms with E-state index in [2.05, 4.69) is 11.9 Å². The van der Waals surface area contributed by atoms with Crippen molar-refractivity contribution >= 4 is 5.69 Å². The van der Waals surface area contributed by atoms with Crippen LogP contribution in [0.25, 0.3) is 11.1 Å². The lowest BCUT2D eigenvalue weighted by Gasteiger charge is -2.09. The van der Waals surface area contributed by atoms with Gasteiger partial charge in [-0.3, -0.25) is 4.98 Å². The first kappa shape index (κ1) is 12.4. The van der Waals surface area contributed by atoms with Crippen LogP contribution in [0.1, 0.15) is 18.9 Å². The third kappa shape index (κ3) is 2.80. The molecule has 2 N–H and O–H groups in total. The van der Waals surface area contributed by atoms with Gasteiger partial charge >= 0.3 is 0 Å². The second-order valence-electron chi connectivity index (χ2n) is 4.35. The van der Waals surface area contributed by atoms with Crippen molar-refractivity contribution in [2.24, 2.45) is 0 Å². The maximum atomic E-state index is 6.04. The fourth-order valence-corrected chi connectivity index (χ4v) is 1.81. The van der Waals surface area contributed by atoms with Gasteiger partial charge in [-0.1, -0.05) is 19.1 Å². The van der Waals surface area contributed by atoms with Crippen LogP contribution in [0.2, 0.25) is 0 Å². The maximum absolute atomic E-state index is 6.04. The summed E-state index contributed by atoms with van der Waals surface area (Å²) in [6.07, 6.45) is 4.51. The van der Waals surface area contributed by atoms with Crippen molar-refractivity contribution in [3.05, 3.63) is 42.2 Å². The molecular formula is C15H18N2O. The first-order valence-electron chi connectivity index (χ1n) is 6.15. The van der Waals surface area contributed by atoms with Gasteiger partial charge in [0.05, 0.1) is 12.8 Å². The standard InChI is InChI=1S/C15H18N2O/c1-3-6-18-13-8-12(9-17-10-13)14-5-4-11(2)7-15(14)16/h4-5,7-10H,3,6,16H2,1-2H3.